The summed E-state index contributed by atoms with van der Waals surface area (Å²) in [7, 11) is 1.80. The molecule has 0 bridgehead atoms. The third-order valence-corrected chi connectivity index (χ3v) is 8.02. The SMILES string of the molecule is Cn1c(=O)n(C2CCN(CC(O)Cn3cc(-c4ccncc4)c(-c4ccc(C(F)(F)F)cc4)n3)CC2)c2ccccc21. The van der Waals surface area contributed by atoms with Crippen molar-refractivity contribution in [2.45, 2.75) is 37.7 Å². The van der Waals surface area contributed by atoms with E-state index in [1.54, 1.807) is 28.7 Å². The number of likely N-dealkylation sites (tertiary alicyclic amines) is 1. The number of para-hydroxylation sites is 2. The van der Waals surface area contributed by atoms with Crippen LogP contribution in [0.4, 0.5) is 13.2 Å². The van der Waals surface area contributed by atoms with E-state index in [1.807, 2.05) is 47.2 Å². The quantitative estimate of drug-likeness (QED) is 0.296. The minimum atomic E-state index is -4.42. The number of aryl methyl sites for hydroxylation is 1. The number of alkyl halides is 3. The van der Waals surface area contributed by atoms with Crippen molar-refractivity contribution >= 4 is 11.0 Å². The molecule has 6 rings (SSSR count). The maximum Gasteiger partial charge on any atom is 0.416 e. The Hall–Kier alpha value is -4.22. The van der Waals surface area contributed by atoms with Gasteiger partial charge in [-0.15, -0.1) is 0 Å². The second kappa shape index (κ2) is 11.2. The molecule has 218 valence electrons. The molecule has 42 heavy (non-hydrogen) atoms. The highest BCUT2D eigenvalue weighted by Crippen LogP contribution is 2.34. The summed E-state index contributed by atoms with van der Waals surface area (Å²) in [6, 6.07) is 16.5. The van der Waals surface area contributed by atoms with Gasteiger partial charge in [0.1, 0.15) is 5.69 Å². The van der Waals surface area contributed by atoms with E-state index in [4.69, 9.17) is 0 Å². The molecule has 5 aromatic rings. The summed E-state index contributed by atoms with van der Waals surface area (Å²) in [5.41, 5.74) is 3.77. The van der Waals surface area contributed by atoms with E-state index in [0.717, 1.165) is 60.2 Å². The monoisotopic (exact) mass is 576 g/mol. The van der Waals surface area contributed by atoms with Crippen molar-refractivity contribution in [2.24, 2.45) is 7.05 Å². The Bertz CT molecular complexity index is 1730. The fourth-order valence-electron chi connectivity index (χ4n) is 5.89. The number of aliphatic hydroxyl groups is 1. The number of hydrogen-bond donors (Lipinski definition) is 1. The van der Waals surface area contributed by atoms with Gasteiger partial charge in [0.25, 0.3) is 0 Å². The van der Waals surface area contributed by atoms with Crippen LogP contribution in [0.15, 0.2) is 84.0 Å². The largest absolute Gasteiger partial charge is 0.416 e. The highest BCUT2D eigenvalue weighted by atomic mass is 19.4. The van der Waals surface area contributed by atoms with Crippen molar-refractivity contribution in [3.05, 3.63) is 95.3 Å². The van der Waals surface area contributed by atoms with E-state index < -0.39 is 17.8 Å². The Morgan fingerprint density at radius 2 is 1.60 bits per heavy atom. The fraction of sp³-hybridized carbons (Fsp3) is 0.323. The molecule has 1 aliphatic heterocycles. The lowest BCUT2D eigenvalue weighted by molar-refractivity contribution is -0.137. The molecule has 1 aliphatic rings. The molecule has 3 aromatic heterocycles. The number of hydrogen-bond acceptors (Lipinski definition) is 5. The van der Waals surface area contributed by atoms with Gasteiger partial charge >= 0.3 is 11.9 Å². The zero-order valence-electron chi connectivity index (χ0n) is 23.1. The second-order valence-electron chi connectivity index (χ2n) is 10.8. The number of rotatable bonds is 7. The Kier molecular flexibility index (Phi) is 7.46. The summed E-state index contributed by atoms with van der Waals surface area (Å²) in [5.74, 6) is 0. The minimum absolute atomic E-state index is 0.0118. The second-order valence-corrected chi connectivity index (χ2v) is 10.8. The molecular formula is C31H31F3N6O2. The van der Waals surface area contributed by atoms with Crippen LogP contribution in [-0.2, 0) is 19.8 Å². The molecule has 1 N–H and O–H groups in total. The van der Waals surface area contributed by atoms with Crippen molar-refractivity contribution in [3.8, 4) is 22.4 Å². The van der Waals surface area contributed by atoms with E-state index >= 15 is 0 Å². The van der Waals surface area contributed by atoms with Gasteiger partial charge in [-0.25, -0.2) is 4.79 Å². The fourth-order valence-corrected chi connectivity index (χ4v) is 5.89. The van der Waals surface area contributed by atoms with Gasteiger partial charge in [-0.1, -0.05) is 24.3 Å². The summed E-state index contributed by atoms with van der Waals surface area (Å²) in [5, 5.41) is 15.7. The lowest BCUT2D eigenvalue weighted by Gasteiger charge is -2.33. The number of nitrogens with zero attached hydrogens (tertiary/aromatic N) is 6. The number of β-amino-alcohol motifs (C(OH)–C–C–N with tert-alkyl or cyclic N) is 1. The molecule has 0 aliphatic carbocycles. The topological polar surface area (TPSA) is 81.1 Å². The lowest BCUT2D eigenvalue weighted by atomic mass is 10.0. The van der Waals surface area contributed by atoms with Crippen molar-refractivity contribution in [2.75, 3.05) is 19.6 Å². The van der Waals surface area contributed by atoms with Crippen LogP contribution in [-0.4, -0.2) is 59.6 Å². The maximum absolute atomic E-state index is 13.1. The number of piperidine rings is 1. The van der Waals surface area contributed by atoms with Gasteiger partial charge in [0.2, 0.25) is 0 Å². The summed E-state index contributed by atoms with van der Waals surface area (Å²) in [6.07, 6.45) is 1.56. The van der Waals surface area contributed by atoms with Gasteiger partial charge in [-0.2, -0.15) is 18.3 Å². The van der Waals surface area contributed by atoms with E-state index in [2.05, 4.69) is 15.0 Å². The molecule has 1 saturated heterocycles. The third-order valence-electron chi connectivity index (χ3n) is 8.02. The first-order valence-electron chi connectivity index (χ1n) is 13.9. The molecule has 1 fully saturated rings. The Labute approximate surface area is 240 Å². The van der Waals surface area contributed by atoms with Crippen molar-refractivity contribution in [3.63, 3.8) is 0 Å². The maximum atomic E-state index is 13.1. The van der Waals surface area contributed by atoms with E-state index in [1.165, 1.54) is 12.1 Å². The highest BCUT2D eigenvalue weighted by molar-refractivity contribution is 5.80. The normalized spacial score (nSPS) is 15.8. The molecule has 0 radical (unpaired) electrons. The van der Waals surface area contributed by atoms with Crippen molar-refractivity contribution in [1.82, 2.24) is 28.8 Å². The zero-order valence-corrected chi connectivity index (χ0v) is 23.1. The van der Waals surface area contributed by atoms with Crippen LogP contribution in [0.25, 0.3) is 33.4 Å². The van der Waals surface area contributed by atoms with Gasteiger partial charge in [0.15, 0.2) is 0 Å². The van der Waals surface area contributed by atoms with Crippen LogP contribution in [0, 0.1) is 0 Å². The van der Waals surface area contributed by atoms with Crippen LogP contribution in [0.3, 0.4) is 0 Å². The summed E-state index contributed by atoms with van der Waals surface area (Å²) < 4.78 is 44.6. The summed E-state index contributed by atoms with van der Waals surface area (Å²) in [6.45, 7) is 2.16. The Balaban J connectivity index is 1.15. The first kappa shape index (κ1) is 27.9. The van der Waals surface area contributed by atoms with Crippen LogP contribution in [0.1, 0.15) is 24.4 Å². The van der Waals surface area contributed by atoms with Gasteiger partial charge in [-0.05, 0) is 54.8 Å². The van der Waals surface area contributed by atoms with Crippen molar-refractivity contribution in [1.29, 1.82) is 0 Å². The molecule has 8 nitrogen and oxygen atoms in total. The van der Waals surface area contributed by atoms with Crippen LogP contribution in [0.2, 0.25) is 0 Å². The molecule has 0 spiro atoms. The molecular weight excluding hydrogens is 545 g/mol. The molecule has 4 heterocycles. The molecule has 11 heteroatoms. The number of aliphatic hydroxyl groups excluding tert-OH is 1. The minimum Gasteiger partial charge on any atom is -0.390 e. The van der Waals surface area contributed by atoms with E-state index in [0.29, 0.717) is 17.8 Å². The summed E-state index contributed by atoms with van der Waals surface area (Å²) in [4.78, 5) is 19.2. The average molecular weight is 577 g/mol. The van der Waals surface area contributed by atoms with E-state index in [-0.39, 0.29) is 18.3 Å². The Morgan fingerprint density at radius 1 is 0.929 bits per heavy atom. The smallest absolute Gasteiger partial charge is 0.390 e. The number of imidazole rings is 1. The van der Waals surface area contributed by atoms with Gasteiger partial charge < -0.3 is 10.0 Å². The van der Waals surface area contributed by atoms with E-state index in [9.17, 15) is 23.1 Å². The first-order valence-corrected chi connectivity index (χ1v) is 13.9. The predicted molar refractivity (Wildman–Crippen MR) is 154 cm³/mol. The standard InChI is InChI=1S/C31H31F3N6O2/c1-37-27-4-2-3-5-28(27)40(30(37)42)24-12-16-38(17-13-24)18-25(41)19-39-20-26(21-10-14-35-15-11-21)29(36-39)22-6-8-23(9-7-22)31(32,33)34/h2-11,14-15,20,24-25,41H,12-13,16-19H2,1H3. The average Bonchev–Trinajstić information content (AvgIpc) is 3.52. The van der Waals surface area contributed by atoms with Gasteiger partial charge in [0, 0.05) is 62.4 Å². The Morgan fingerprint density at radius 3 is 2.26 bits per heavy atom. The number of halogens is 3. The van der Waals surface area contributed by atoms with Crippen LogP contribution in [0.5, 0.6) is 0 Å². The van der Waals surface area contributed by atoms with Crippen molar-refractivity contribution < 1.29 is 18.3 Å². The molecule has 0 saturated carbocycles. The number of aromatic nitrogens is 5. The van der Waals surface area contributed by atoms with Gasteiger partial charge in [-0.3, -0.25) is 18.8 Å². The number of pyridine rings is 1. The number of benzene rings is 2. The first-order chi connectivity index (χ1) is 20.2. The van der Waals surface area contributed by atoms with Crippen LogP contribution >= 0.6 is 0 Å². The van der Waals surface area contributed by atoms with Crippen LogP contribution < -0.4 is 5.69 Å². The molecule has 1 unspecified atom stereocenters. The third kappa shape index (κ3) is 5.49. The molecule has 2 aromatic carbocycles. The molecule has 0 amide bonds. The van der Waals surface area contributed by atoms with Gasteiger partial charge in [0.05, 0.1) is 29.2 Å². The number of fused-ring (bicyclic) bond motifs is 1. The predicted octanol–water partition coefficient (Wildman–Crippen LogP) is 4.98. The highest BCUT2D eigenvalue weighted by Gasteiger charge is 2.30. The molecule has 1 atom stereocenters. The lowest BCUT2D eigenvalue weighted by Crippen LogP contribution is -2.42. The summed E-state index contributed by atoms with van der Waals surface area (Å²) >= 11 is 0. The zero-order chi connectivity index (χ0) is 29.4.